The van der Waals surface area contributed by atoms with E-state index in [1.807, 2.05) is 27.7 Å². The van der Waals surface area contributed by atoms with Crippen LogP contribution in [0.15, 0.2) is 0 Å². The molecule has 4 aliphatic rings. The number of rotatable bonds is 5. The van der Waals surface area contributed by atoms with Gasteiger partial charge in [0, 0.05) is 29.6 Å². The van der Waals surface area contributed by atoms with Gasteiger partial charge in [0.15, 0.2) is 11.6 Å². The number of aliphatic hydroxyl groups excluding tert-OH is 2. The van der Waals surface area contributed by atoms with E-state index in [0.717, 1.165) is 12.8 Å². The Morgan fingerprint density at radius 2 is 1.54 bits per heavy atom. The number of carbonyl (C=O) groups excluding carboxylic acids is 3. The van der Waals surface area contributed by atoms with Crippen molar-refractivity contribution < 1.29 is 34.8 Å². The first-order valence-corrected chi connectivity index (χ1v) is 14.1. The molecule has 4 saturated carbocycles. The SMILES string of the molecule is CC(C)(O)CCC(=O)[C@](C)(O)[C@H]1[C@H](O)C[C@@]2(C)[C@@H]3CC[C@@H]4[C@@H](C[C@H](O)C(=O)C4(C)C)[C@]3(C)C(=O)C[C@]12C. The molecule has 0 saturated heterocycles. The highest BCUT2D eigenvalue weighted by Crippen LogP contribution is 2.74. The summed E-state index contributed by atoms with van der Waals surface area (Å²) in [6.45, 7) is 14.6. The molecule has 7 heteroatoms. The van der Waals surface area contributed by atoms with Crippen molar-refractivity contribution in [3.05, 3.63) is 0 Å². The highest BCUT2D eigenvalue weighted by Gasteiger charge is 2.75. The smallest absolute Gasteiger partial charge is 0.167 e. The van der Waals surface area contributed by atoms with Crippen molar-refractivity contribution in [1.29, 1.82) is 0 Å². The quantitative estimate of drug-likeness (QED) is 0.437. The third kappa shape index (κ3) is 3.85. The lowest BCUT2D eigenvalue weighted by molar-refractivity contribution is -0.205. The van der Waals surface area contributed by atoms with E-state index in [2.05, 4.69) is 6.92 Å². The van der Waals surface area contributed by atoms with E-state index in [9.17, 15) is 34.8 Å². The van der Waals surface area contributed by atoms with Gasteiger partial charge >= 0.3 is 0 Å². The third-order valence-electron chi connectivity index (χ3n) is 12.1. The summed E-state index contributed by atoms with van der Waals surface area (Å²) in [5, 5.41) is 44.0. The molecule has 4 N–H and O–H groups in total. The zero-order valence-electron chi connectivity index (χ0n) is 23.9. The summed E-state index contributed by atoms with van der Waals surface area (Å²) in [5.74, 6) is -1.60. The molecule has 10 atom stereocenters. The Hall–Kier alpha value is -1.15. The molecular formula is C30H48O7. The predicted octanol–water partition coefficient (Wildman–Crippen LogP) is 3.23. The zero-order chi connectivity index (χ0) is 28.1. The largest absolute Gasteiger partial charge is 0.393 e. The second-order valence-electron chi connectivity index (χ2n) is 15.0. The second-order valence-corrected chi connectivity index (χ2v) is 15.0. The van der Waals surface area contributed by atoms with Crippen molar-refractivity contribution in [2.75, 3.05) is 0 Å². The van der Waals surface area contributed by atoms with Crippen LogP contribution in [0.1, 0.15) is 100 Å². The predicted molar refractivity (Wildman–Crippen MR) is 138 cm³/mol. The molecule has 0 aromatic carbocycles. The second kappa shape index (κ2) is 8.42. The Morgan fingerprint density at radius 1 is 0.946 bits per heavy atom. The highest BCUT2D eigenvalue weighted by molar-refractivity contribution is 5.92. The van der Waals surface area contributed by atoms with E-state index in [1.165, 1.54) is 6.92 Å². The van der Waals surface area contributed by atoms with Crippen molar-refractivity contribution in [3.8, 4) is 0 Å². The Balaban J connectivity index is 1.73. The van der Waals surface area contributed by atoms with Gasteiger partial charge in [-0.1, -0.05) is 34.6 Å². The Morgan fingerprint density at radius 3 is 2.11 bits per heavy atom. The van der Waals surface area contributed by atoms with Crippen molar-refractivity contribution in [1.82, 2.24) is 0 Å². The summed E-state index contributed by atoms with van der Waals surface area (Å²) in [5.41, 5.74) is -5.72. The molecule has 0 amide bonds. The van der Waals surface area contributed by atoms with Crippen LogP contribution in [0.25, 0.3) is 0 Å². The molecule has 0 aliphatic heterocycles. The van der Waals surface area contributed by atoms with Gasteiger partial charge in [-0.3, -0.25) is 14.4 Å². The molecule has 0 heterocycles. The minimum atomic E-state index is -1.85. The van der Waals surface area contributed by atoms with E-state index < -0.39 is 56.8 Å². The lowest BCUT2D eigenvalue weighted by Crippen LogP contribution is -2.67. The minimum Gasteiger partial charge on any atom is -0.393 e. The lowest BCUT2D eigenvalue weighted by atomic mass is 9.36. The van der Waals surface area contributed by atoms with Gasteiger partial charge in [-0.2, -0.15) is 0 Å². The van der Waals surface area contributed by atoms with Crippen LogP contribution in [0, 0.1) is 45.3 Å². The van der Waals surface area contributed by atoms with Crippen LogP contribution < -0.4 is 0 Å². The van der Waals surface area contributed by atoms with E-state index in [4.69, 9.17) is 0 Å². The summed E-state index contributed by atoms with van der Waals surface area (Å²) < 4.78 is 0. The zero-order valence-corrected chi connectivity index (χ0v) is 23.9. The summed E-state index contributed by atoms with van der Waals surface area (Å²) in [4.78, 5) is 40.4. The number of carbonyl (C=O) groups is 3. The first kappa shape index (κ1) is 28.8. The molecular weight excluding hydrogens is 472 g/mol. The average molecular weight is 521 g/mol. The molecule has 0 aromatic heterocycles. The van der Waals surface area contributed by atoms with Gasteiger partial charge in [0.05, 0.1) is 11.7 Å². The van der Waals surface area contributed by atoms with E-state index >= 15 is 0 Å². The van der Waals surface area contributed by atoms with E-state index in [1.54, 1.807) is 13.8 Å². The first-order valence-electron chi connectivity index (χ1n) is 14.1. The standard InChI is InChI=1S/C30H48O7/c1-25(2,36)12-11-21(33)30(8,37)23-19(32)14-27(5)20-10-9-16-17(13-18(31)24(35)26(16,3)4)29(20,7)22(34)15-28(23,27)6/h16-20,23,31-32,36-37H,9-15H2,1-8H3/t16-,17-,18+,19-,20+,23+,27+,28-,29+,30+/m1/s1. The normalized spacial score (nSPS) is 47.0. The minimum absolute atomic E-state index is 0.00444. The highest BCUT2D eigenvalue weighted by atomic mass is 16.3. The van der Waals surface area contributed by atoms with Crippen molar-refractivity contribution in [3.63, 3.8) is 0 Å². The Kier molecular flexibility index (Phi) is 6.57. The topological polar surface area (TPSA) is 132 Å². The van der Waals surface area contributed by atoms with Crippen LogP contribution in [0.4, 0.5) is 0 Å². The number of Topliss-reactive ketones (excluding diaryl/α,β-unsaturated/α-hetero) is 3. The fourth-order valence-corrected chi connectivity index (χ4v) is 9.92. The number of fused-ring (bicyclic) bond motifs is 5. The maximum Gasteiger partial charge on any atom is 0.167 e. The fraction of sp³-hybridized carbons (Fsp3) is 0.900. The molecule has 0 spiro atoms. The van der Waals surface area contributed by atoms with Gasteiger partial charge in [-0.25, -0.2) is 0 Å². The van der Waals surface area contributed by atoms with Gasteiger partial charge in [0.2, 0.25) is 0 Å². The maximum absolute atomic E-state index is 14.3. The molecule has 4 fully saturated rings. The summed E-state index contributed by atoms with van der Waals surface area (Å²) >= 11 is 0. The lowest BCUT2D eigenvalue weighted by Gasteiger charge is -2.66. The van der Waals surface area contributed by atoms with E-state index in [0.29, 0.717) is 6.42 Å². The van der Waals surface area contributed by atoms with Crippen molar-refractivity contribution >= 4 is 17.3 Å². The van der Waals surface area contributed by atoms with Crippen molar-refractivity contribution in [2.45, 2.75) is 124 Å². The van der Waals surface area contributed by atoms with Crippen LogP contribution in [-0.4, -0.2) is 61.2 Å². The number of hydrogen-bond acceptors (Lipinski definition) is 7. The molecule has 37 heavy (non-hydrogen) atoms. The summed E-state index contributed by atoms with van der Waals surface area (Å²) in [6.07, 6.45) is 0.380. The van der Waals surface area contributed by atoms with Gasteiger partial charge in [-0.15, -0.1) is 0 Å². The molecule has 210 valence electrons. The molecule has 0 radical (unpaired) electrons. The van der Waals surface area contributed by atoms with Gasteiger partial charge in [0.1, 0.15) is 17.5 Å². The van der Waals surface area contributed by atoms with Gasteiger partial charge in [0.25, 0.3) is 0 Å². The van der Waals surface area contributed by atoms with Crippen LogP contribution in [0.5, 0.6) is 0 Å². The first-order chi connectivity index (χ1) is 16.7. The molecule has 0 bridgehead atoms. The van der Waals surface area contributed by atoms with Crippen LogP contribution in [0.3, 0.4) is 0 Å². The molecule has 7 nitrogen and oxygen atoms in total. The summed E-state index contributed by atoms with van der Waals surface area (Å²) in [7, 11) is 0. The van der Waals surface area contributed by atoms with Crippen LogP contribution >= 0.6 is 0 Å². The Bertz CT molecular complexity index is 992. The third-order valence-corrected chi connectivity index (χ3v) is 12.1. The van der Waals surface area contributed by atoms with Gasteiger partial charge < -0.3 is 20.4 Å². The number of hydrogen-bond donors (Lipinski definition) is 4. The number of aliphatic hydroxyl groups is 4. The van der Waals surface area contributed by atoms with Crippen LogP contribution in [-0.2, 0) is 14.4 Å². The molecule has 0 aromatic rings. The fourth-order valence-electron chi connectivity index (χ4n) is 9.92. The monoisotopic (exact) mass is 520 g/mol. The molecule has 4 aliphatic carbocycles. The maximum atomic E-state index is 14.3. The Labute approximate surface area is 221 Å². The van der Waals surface area contributed by atoms with Gasteiger partial charge in [-0.05, 0) is 81.5 Å². The van der Waals surface area contributed by atoms with Crippen molar-refractivity contribution in [2.24, 2.45) is 45.3 Å². The van der Waals surface area contributed by atoms with E-state index in [-0.39, 0.29) is 55.0 Å². The molecule has 0 unspecified atom stereocenters. The summed E-state index contributed by atoms with van der Waals surface area (Å²) in [6, 6.07) is 0. The van der Waals surface area contributed by atoms with Crippen LogP contribution in [0.2, 0.25) is 0 Å². The average Bonchev–Trinajstić information content (AvgIpc) is 2.96. The molecule has 4 rings (SSSR count). The number of ketones is 3.